The Bertz CT molecular complexity index is 377. The van der Waals surface area contributed by atoms with Crippen molar-refractivity contribution in [3.05, 3.63) is 18.2 Å². The smallest absolute Gasteiger partial charge is 0.274 e. The van der Waals surface area contributed by atoms with E-state index in [1.807, 2.05) is 13.0 Å². The Morgan fingerprint density at radius 3 is 2.93 bits per heavy atom. The first-order valence-corrected chi connectivity index (χ1v) is 4.83. The molecule has 0 saturated heterocycles. The van der Waals surface area contributed by atoms with Crippen molar-refractivity contribution in [2.24, 2.45) is 7.05 Å². The van der Waals surface area contributed by atoms with E-state index < -0.39 is 0 Å². The molecule has 0 bridgehead atoms. The molecule has 0 spiro atoms. The zero-order valence-electron chi connectivity index (χ0n) is 8.97. The maximum Gasteiger partial charge on any atom is 0.274 e. The van der Waals surface area contributed by atoms with Gasteiger partial charge in [-0.1, -0.05) is 6.92 Å². The largest absolute Gasteiger partial charge is 0.340 e. The van der Waals surface area contributed by atoms with Gasteiger partial charge in [-0.2, -0.15) is 5.26 Å². The standard InChI is InChI=1S/C10H14N4O/c1-3-5-14(6-4-11)10(15)9-7-13(2)8-12-9/h7-8H,3,5-6H2,1-2H3. The Kier molecular flexibility index (Phi) is 3.86. The summed E-state index contributed by atoms with van der Waals surface area (Å²) in [5, 5.41) is 8.59. The Hall–Kier alpha value is -1.83. The third-order valence-corrected chi connectivity index (χ3v) is 1.97. The highest BCUT2D eigenvalue weighted by Crippen LogP contribution is 2.02. The fraction of sp³-hybridized carbons (Fsp3) is 0.500. The molecular weight excluding hydrogens is 192 g/mol. The molecule has 80 valence electrons. The number of aromatic nitrogens is 2. The number of carbonyl (C=O) groups excluding carboxylic acids is 1. The minimum absolute atomic E-state index is 0.114. The van der Waals surface area contributed by atoms with Crippen LogP contribution in [-0.4, -0.2) is 33.4 Å². The van der Waals surface area contributed by atoms with Crippen molar-refractivity contribution >= 4 is 5.91 Å². The summed E-state index contributed by atoms with van der Waals surface area (Å²) >= 11 is 0. The summed E-state index contributed by atoms with van der Waals surface area (Å²) < 4.78 is 1.71. The quantitative estimate of drug-likeness (QED) is 0.684. The van der Waals surface area contributed by atoms with Crippen LogP contribution in [0.3, 0.4) is 0 Å². The summed E-state index contributed by atoms with van der Waals surface area (Å²) in [4.78, 5) is 17.3. The van der Waals surface area contributed by atoms with Crippen molar-refractivity contribution in [1.29, 1.82) is 5.26 Å². The molecule has 0 radical (unpaired) electrons. The topological polar surface area (TPSA) is 61.9 Å². The summed E-state index contributed by atoms with van der Waals surface area (Å²) in [6, 6.07) is 1.98. The SMILES string of the molecule is CCCN(CC#N)C(=O)c1cn(C)cn1. The molecule has 1 aromatic heterocycles. The van der Waals surface area contributed by atoms with Gasteiger partial charge in [-0.15, -0.1) is 0 Å². The monoisotopic (exact) mass is 206 g/mol. The average molecular weight is 206 g/mol. The molecule has 0 fully saturated rings. The lowest BCUT2D eigenvalue weighted by atomic mass is 10.3. The first-order chi connectivity index (χ1) is 7.19. The third kappa shape index (κ3) is 2.81. The van der Waals surface area contributed by atoms with Crippen LogP contribution < -0.4 is 0 Å². The molecule has 1 rings (SSSR count). The Labute approximate surface area is 88.9 Å². The Morgan fingerprint density at radius 1 is 1.73 bits per heavy atom. The van der Waals surface area contributed by atoms with Gasteiger partial charge in [-0.25, -0.2) is 4.98 Å². The average Bonchev–Trinajstić information content (AvgIpc) is 2.63. The molecule has 0 aliphatic carbocycles. The summed E-state index contributed by atoms with van der Waals surface area (Å²) in [6.07, 6.45) is 4.06. The minimum Gasteiger partial charge on any atom is -0.340 e. The van der Waals surface area contributed by atoms with Gasteiger partial charge in [0.05, 0.1) is 12.4 Å². The molecule has 0 aromatic carbocycles. The fourth-order valence-corrected chi connectivity index (χ4v) is 1.29. The van der Waals surface area contributed by atoms with Crippen molar-refractivity contribution < 1.29 is 4.79 Å². The van der Waals surface area contributed by atoms with Crippen LogP contribution in [-0.2, 0) is 7.05 Å². The molecule has 5 heteroatoms. The van der Waals surface area contributed by atoms with Crippen LogP contribution in [0.4, 0.5) is 0 Å². The van der Waals surface area contributed by atoms with Crippen LogP contribution in [0, 0.1) is 11.3 Å². The van der Waals surface area contributed by atoms with E-state index >= 15 is 0 Å². The molecule has 0 atom stereocenters. The fourth-order valence-electron chi connectivity index (χ4n) is 1.29. The molecular formula is C10H14N4O. The van der Waals surface area contributed by atoms with Gasteiger partial charge in [0, 0.05) is 19.8 Å². The highest BCUT2D eigenvalue weighted by atomic mass is 16.2. The number of hydrogen-bond donors (Lipinski definition) is 0. The molecule has 0 aliphatic heterocycles. The number of amides is 1. The third-order valence-electron chi connectivity index (χ3n) is 1.97. The second-order valence-corrected chi connectivity index (χ2v) is 3.31. The van der Waals surface area contributed by atoms with E-state index in [0.29, 0.717) is 12.2 Å². The van der Waals surface area contributed by atoms with Crippen LogP contribution in [0.15, 0.2) is 12.5 Å². The number of imidazole rings is 1. The predicted octanol–water partition coefficient (Wildman–Crippen LogP) is 0.796. The van der Waals surface area contributed by atoms with Crippen LogP contribution in [0.1, 0.15) is 23.8 Å². The number of carbonyl (C=O) groups is 1. The molecule has 0 saturated carbocycles. The van der Waals surface area contributed by atoms with E-state index in [2.05, 4.69) is 4.98 Å². The lowest BCUT2D eigenvalue weighted by Gasteiger charge is -2.16. The number of hydrogen-bond acceptors (Lipinski definition) is 3. The van der Waals surface area contributed by atoms with Crippen molar-refractivity contribution in [3.63, 3.8) is 0 Å². The second-order valence-electron chi connectivity index (χ2n) is 3.31. The lowest BCUT2D eigenvalue weighted by Crippen LogP contribution is -2.32. The van der Waals surface area contributed by atoms with Crippen LogP contribution in [0.2, 0.25) is 0 Å². The zero-order valence-corrected chi connectivity index (χ0v) is 8.97. The molecule has 1 amide bonds. The minimum atomic E-state index is -0.181. The summed E-state index contributed by atoms with van der Waals surface area (Å²) in [6.45, 7) is 2.67. The van der Waals surface area contributed by atoms with Gasteiger partial charge in [0.15, 0.2) is 0 Å². The van der Waals surface area contributed by atoms with E-state index in [0.717, 1.165) is 6.42 Å². The molecule has 0 aliphatic rings. The second kappa shape index (κ2) is 5.15. The van der Waals surface area contributed by atoms with E-state index in [1.165, 1.54) is 4.90 Å². The van der Waals surface area contributed by atoms with Gasteiger partial charge in [-0.3, -0.25) is 4.79 Å². The molecule has 0 N–H and O–H groups in total. The first kappa shape index (κ1) is 11.2. The number of aryl methyl sites for hydroxylation is 1. The van der Waals surface area contributed by atoms with E-state index in [1.54, 1.807) is 24.1 Å². The number of nitriles is 1. The van der Waals surface area contributed by atoms with Gasteiger partial charge in [0.25, 0.3) is 5.91 Å². The molecule has 15 heavy (non-hydrogen) atoms. The molecule has 0 unspecified atom stereocenters. The van der Waals surface area contributed by atoms with E-state index in [4.69, 9.17) is 5.26 Å². The number of rotatable bonds is 4. The van der Waals surface area contributed by atoms with Crippen molar-refractivity contribution in [2.45, 2.75) is 13.3 Å². The molecule has 1 aromatic rings. The molecule has 5 nitrogen and oxygen atoms in total. The highest BCUT2D eigenvalue weighted by Gasteiger charge is 2.16. The Balaban J connectivity index is 2.76. The highest BCUT2D eigenvalue weighted by molar-refractivity contribution is 5.92. The maximum atomic E-state index is 11.8. The maximum absolute atomic E-state index is 11.8. The predicted molar refractivity (Wildman–Crippen MR) is 55.0 cm³/mol. The van der Waals surface area contributed by atoms with E-state index in [-0.39, 0.29) is 12.5 Å². The summed E-state index contributed by atoms with van der Waals surface area (Å²) in [5.41, 5.74) is 0.390. The summed E-state index contributed by atoms with van der Waals surface area (Å²) in [7, 11) is 1.80. The van der Waals surface area contributed by atoms with Gasteiger partial charge < -0.3 is 9.47 Å². The first-order valence-electron chi connectivity index (χ1n) is 4.83. The van der Waals surface area contributed by atoms with Crippen LogP contribution >= 0.6 is 0 Å². The van der Waals surface area contributed by atoms with Crippen LogP contribution in [0.5, 0.6) is 0 Å². The normalized spacial score (nSPS) is 9.67. The van der Waals surface area contributed by atoms with Gasteiger partial charge in [0.2, 0.25) is 0 Å². The Morgan fingerprint density at radius 2 is 2.47 bits per heavy atom. The van der Waals surface area contributed by atoms with Gasteiger partial charge in [-0.05, 0) is 6.42 Å². The molecule has 1 heterocycles. The zero-order chi connectivity index (χ0) is 11.3. The van der Waals surface area contributed by atoms with Crippen LogP contribution in [0.25, 0.3) is 0 Å². The van der Waals surface area contributed by atoms with Crippen molar-refractivity contribution in [2.75, 3.05) is 13.1 Å². The summed E-state index contributed by atoms with van der Waals surface area (Å²) in [5.74, 6) is -0.181. The van der Waals surface area contributed by atoms with Gasteiger partial charge >= 0.3 is 0 Å². The lowest BCUT2D eigenvalue weighted by molar-refractivity contribution is 0.0770. The number of nitrogens with zero attached hydrogens (tertiary/aromatic N) is 4. The van der Waals surface area contributed by atoms with Crippen molar-refractivity contribution in [3.8, 4) is 6.07 Å². The van der Waals surface area contributed by atoms with Gasteiger partial charge in [0.1, 0.15) is 12.2 Å². The van der Waals surface area contributed by atoms with E-state index in [9.17, 15) is 4.79 Å². The van der Waals surface area contributed by atoms with Crippen molar-refractivity contribution in [1.82, 2.24) is 14.5 Å².